The lowest BCUT2D eigenvalue weighted by molar-refractivity contribution is -0.137. The van der Waals surface area contributed by atoms with E-state index in [1.54, 1.807) is 24.3 Å². The second-order valence-corrected chi connectivity index (χ2v) is 3.18. The molecule has 2 N–H and O–H groups in total. The predicted molar refractivity (Wildman–Crippen MR) is 58.4 cm³/mol. The molecule has 1 amide bonds. The van der Waals surface area contributed by atoms with E-state index in [1.165, 1.54) is 0 Å². The number of benzene rings is 1. The van der Waals surface area contributed by atoms with E-state index in [4.69, 9.17) is 11.5 Å². The Kier molecular flexibility index (Phi) is 4.10. The fraction of sp³-hybridized carbons (Fsp3) is 0.167. The molecule has 0 heterocycles. The summed E-state index contributed by atoms with van der Waals surface area (Å²) >= 11 is 0. The zero-order chi connectivity index (χ0) is 12.0. The summed E-state index contributed by atoms with van der Waals surface area (Å²) in [6.07, 6.45) is 4.72. The van der Waals surface area contributed by atoms with Gasteiger partial charge in [-0.25, -0.2) is 0 Å². The van der Waals surface area contributed by atoms with Gasteiger partial charge in [-0.3, -0.25) is 9.59 Å². The minimum atomic E-state index is -0.994. The van der Waals surface area contributed by atoms with Crippen LogP contribution in [0.2, 0.25) is 0 Å². The number of carbonyl (C=O) groups is 2. The topological polar surface area (TPSA) is 66.4 Å². The van der Waals surface area contributed by atoms with Gasteiger partial charge < -0.3 is 10.4 Å². The Bertz CT molecular complexity index is 420. The minimum Gasteiger partial charge on any atom is -0.481 e. The number of hydrogen-bond acceptors (Lipinski definition) is 2. The summed E-state index contributed by atoms with van der Waals surface area (Å²) in [5.41, 5.74) is 0.716. The van der Waals surface area contributed by atoms with Gasteiger partial charge in [0.05, 0.1) is 12.5 Å². The van der Waals surface area contributed by atoms with Gasteiger partial charge in [0.1, 0.15) is 0 Å². The molecule has 4 heteroatoms. The van der Waals surface area contributed by atoms with Crippen LogP contribution < -0.4 is 5.32 Å². The number of carboxylic acids is 1. The molecule has 0 aliphatic heterocycles. The first-order valence-electron chi connectivity index (χ1n) is 4.67. The highest BCUT2D eigenvalue weighted by molar-refractivity contribution is 5.93. The maximum atomic E-state index is 11.0. The van der Waals surface area contributed by atoms with E-state index in [2.05, 4.69) is 5.32 Å². The first-order valence-corrected chi connectivity index (χ1v) is 4.67. The summed E-state index contributed by atoms with van der Waals surface area (Å²) in [5, 5.41) is 11.2. The number of terminal acetylenes is 1. The molecule has 1 atom stereocenters. The molecule has 1 aromatic carbocycles. The average molecular weight is 217 g/mol. The Morgan fingerprint density at radius 2 is 2.00 bits per heavy atom. The third-order valence-corrected chi connectivity index (χ3v) is 2.02. The van der Waals surface area contributed by atoms with Gasteiger partial charge in [0, 0.05) is 0 Å². The third kappa shape index (κ3) is 3.46. The lowest BCUT2D eigenvalue weighted by atomic mass is 10.0. The molecule has 0 aliphatic carbocycles. The highest BCUT2D eigenvalue weighted by atomic mass is 16.4. The van der Waals surface area contributed by atoms with E-state index in [-0.39, 0.29) is 6.42 Å². The molecule has 82 valence electrons. The van der Waals surface area contributed by atoms with Crippen LogP contribution in [0.5, 0.6) is 0 Å². The lowest BCUT2D eigenvalue weighted by Gasteiger charge is -2.15. The minimum absolute atomic E-state index is 0.197. The second-order valence-electron chi connectivity index (χ2n) is 3.18. The molecule has 4 nitrogen and oxygen atoms in total. The predicted octanol–water partition coefficient (Wildman–Crippen LogP) is 0.952. The van der Waals surface area contributed by atoms with Crippen molar-refractivity contribution < 1.29 is 14.7 Å². The van der Waals surface area contributed by atoms with Crippen molar-refractivity contribution in [2.24, 2.45) is 0 Å². The largest absolute Gasteiger partial charge is 0.481 e. The maximum absolute atomic E-state index is 11.0. The zero-order valence-corrected chi connectivity index (χ0v) is 8.51. The fourth-order valence-electron chi connectivity index (χ4n) is 1.31. The molecular weight excluding hydrogens is 206 g/mol. The van der Waals surface area contributed by atoms with Gasteiger partial charge in [-0.2, -0.15) is 0 Å². The van der Waals surface area contributed by atoms with E-state index in [1.807, 2.05) is 12.0 Å². The summed E-state index contributed by atoms with van der Waals surface area (Å²) < 4.78 is 0. The van der Waals surface area contributed by atoms with Crippen molar-refractivity contribution >= 4 is 11.9 Å². The molecule has 1 rings (SSSR count). The first-order chi connectivity index (χ1) is 7.63. The van der Waals surface area contributed by atoms with Crippen LogP contribution >= 0.6 is 0 Å². The van der Waals surface area contributed by atoms with Crippen molar-refractivity contribution in [2.45, 2.75) is 12.5 Å². The smallest absolute Gasteiger partial charge is 0.305 e. The average Bonchev–Trinajstić information content (AvgIpc) is 2.28. The third-order valence-electron chi connectivity index (χ3n) is 2.02. The molecule has 0 fully saturated rings. The molecule has 0 aliphatic rings. The Hall–Kier alpha value is -2.28. The van der Waals surface area contributed by atoms with Gasteiger partial charge in [-0.1, -0.05) is 30.3 Å². The summed E-state index contributed by atoms with van der Waals surface area (Å²) in [5.74, 6) is 0.286. The zero-order valence-electron chi connectivity index (χ0n) is 8.51. The van der Waals surface area contributed by atoms with Crippen molar-refractivity contribution in [1.82, 2.24) is 5.32 Å². The normalized spacial score (nSPS) is 11.2. The van der Waals surface area contributed by atoms with E-state index in [0.717, 1.165) is 0 Å². The van der Waals surface area contributed by atoms with Crippen LogP contribution in [0.15, 0.2) is 30.3 Å². The summed E-state index contributed by atoms with van der Waals surface area (Å²) in [6, 6.07) is 8.24. The van der Waals surface area contributed by atoms with Crippen molar-refractivity contribution in [2.75, 3.05) is 0 Å². The second kappa shape index (κ2) is 5.56. The van der Waals surface area contributed by atoms with Gasteiger partial charge in [-0.15, -0.1) is 6.42 Å². The van der Waals surface area contributed by atoms with Gasteiger partial charge in [0.15, 0.2) is 0 Å². The number of rotatable bonds is 4. The van der Waals surface area contributed by atoms with Crippen molar-refractivity contribution in [3.05, 3.63) is 35.9 Å². The van der Waals surface area contributed by atoms with Crippen molar-refractivity contribution in [3.8, 4) is 12.3 Å². The Labute approximate surface area is 93.3 Å². The molecule has 0 bridgehead atoms. The van der Waals surface area contributed by atoms with Gasteiger partial charge in [-0.05, 0) is 11.5 Å². The molecule has 0 aromatic heterocycles. The maximum Gasteiger partial charge on any atom is 0.305 e. The molecule has 16 heavy (non-hydrogen) atoms. The van der Waals surface area contributed by atoms with Crippen LogP contribution in [-0.2, 0) is 9.59 Å². The highest BCUT2D eigenvalue weighted by Crippen LogP contribution is 2.16. The van der Waals surface area contributed by atoms with Crippen LogP contribution in [0.3, 0.4) is 0 Å². The Balaban J connectivity index is 2.84. The quantitative estimate of drug-likeness (QED) is 0.738. The summed E-state index contributed by atoms with van der Waals surface area (Å²) in [4.78, 5) is 21.7. The van der Waals surface area contributed by atoms with Gasteiger partial charge in [0.25, 0.3) is 5.91 Å². The van der Waals surface area contributed by atoms with Crippen LogP contribution in [0.4, 0.5) is 0 Å². The van der Waals surface area contributed by atoms with Crippen LogP contribution in [0.25, 0.3) is 0 Å². The fourth-order valence-corrected chi connectivity index (χ4v) is 1.31. The number of amides is 1. The SMILES string of the molecule is C#CC(=O)NC(CC(=O)O)c1ccccc1. The van der Waals surface area contributed by atoms with E-state index < -0.39 is 17.9 Å². The van der Waals surface area contributed by atoms with Crippen LogP contribution in [-0.4, -0.2) is 17.0 Å². The van der Waals surface area contributed by atoms with Crippen molar-refractivity contribution in [3.63, 3.8) is 0 Å². The molecule has 0 saturated carbocycles. The first kappa shape index (κ1) is 11.8. The Morgan fingerprint density at radius 3 is 2.50 bits per heavy atom. The van der Waals surface area contributed by atoms with Crippen LogP contribution in [0.1, 0.15) is 18.0 Å². The molecule has 1 aromatic rings. The Morgan fingerprint density at radius 1 is 1.38 bits per heavy atom. The lowest BCUT2D eigenvalue weighted by Crippen LogP contribution is -2.28. The van der Waals surface area contributed by atoms with E-state index in [9.17, 15) is 9.59 Å². The number of carboxylic acid groups (broad SMARTS) is 1. The molecule has 0 radical (unpaired) electrons. The highest BCUT2D eigenvalue weighted by Gasteiger charge is 2.16. The summed E-state index contributed by atoms with van der Waals surface area (Å²) in [6.45, 7) is 0. The van der Waals surface area contributed by atoms with Gasteiger partial charge in [0.2, 0.25) is 0 Å². The number of nitrogens with one attached hydrogen (secondary N) is 1. The van der Waals surface area contributed by atoms with E-state index >= 15 is 0 Å². The monoisotopic (exact) mass is 217 g/mol. The molecule has 0 spiro atoms. The van der Waals surface area contributed by atoms with Crippen molar-refractivity contribution in [1.29, 1.82) is 0 Å². The molecule has 1 unspecified atom stereocenters. The van der Waals surface area contributed by atoms with E-state index in [0.29, 0.717) is 5.56 Å². The number of aliphatic carboxylic acids is 1. The van der Waals surface area contributed by atoms with Gasteiger partial charge >= 0.3 is 5.97 Å². The number of carbonyl (C=O) groups excluding carboxylic acids is 1. The summed E-state index contributed by atoms with van der Waals surface area (Å²) in [7, 11) is 0. The van der Waals surface area contributed by atoms with Crippen LogP contribution in [0, 0.1) is 12.3 Å². The molecule has 0 saturated heterocycles. The number of hydrogen-bond donors (Lipinski definition) is 2. The molecular formula is C12H11NO3. The standard InChI is InChI=1S/C12H11NO3/c1-2-11(14)13-10(8-12(15)16)9-6-4-3-5-7-9/h1,3-7,10H,8H2,(H,13,14)(H,15,16).